The first-order valence-electron chi connectivity index (χ1n) is 9.64. The first-order valence-corrected chi connectivity index (χ1v) is 9.64. The fourth-order valence-corrected chi connectivity index (χ4v) is 3.89. The third-order valence-electron chi connectivity index (χ3n) is 5.46. The minimum absolute atomic E-state index is 0.0773. The number of nitrogens with one attached hydrogen (secondary N) is 1. The molecule has 0 saturated carbocycles. The van der Waals surface area contributed by atoms with Crippen molar-refractivity contribution in [2.45, 2.75) is 25.2 Å². The highest BCUT2D eigenvalue weighted by Gasteiger charge is 2.28. The van der Waals surface area contributed by atoms with Crippen molar-refractivity contribution in [3.63, 3.8) is 0 Å². The Balaban J connectivity index is 1.51. The summed E-state index contributed by atoms with van der Waals surface area (Å²) in [5.41, 5.74) is 3.83. The van der Waals surface area contributed by atoms with Crippen molar-refractivity contribution in [3.8, 4) is 0 Å². The van der Waals surface area contributed by atoms with E-state index < -0.39 is 0 Å². The van der Waals surface area contributed by atoms with E-state index in [-0.39, 0.29) is 17.4 Å². The van der Waals surface area contributed by atoms with Crippen LogP contribution in [0.3, 0.4) is 0 Å². The first-order chi connectivity index (χ1) is 13.6. The molecule has 0 spiro atoms. The molecule has 1 fully saturated rings. The molecule has 1 aromatic carbocycles. The van der Waals surface area contributed by atoms with Crippen LogP contribution in [0.4, 0.5) is 0 Å². The normalized spacial score (nSPS) is 16.9. The summed E-state index contributed by atoms with van der Waals surface area (Å²) in [6.07, 6.45) is 6.31. The molecule has 1 aliphatic rings. The van der Waals surface area contributed by atoms with Gasteiger partial charge in [0.2, 0.25) is 0 Å². The van der Waals surface area contributed by atoms with Gasteiger partial charge in [-0.15, -0.1) is 0 Å². The zero-order valence-corrected chi connectivity index (χ0v) is 16.0. The van der Waals surface area contributed by atoms with Gasteiger partial charge in [-0.05, 0) is 30.0 Å². The lowest BCUT2D eigenvalue weighted by atomic mass is 9.90. The molecular weight excluding hydrogens is 352 g/mol. The lowest BCUT2D eigenvalue weighted by Crippen LogP contribution is -2.39. The van der Waals surface area contributed by atoms with Crippen LogP contribution in [0.1, 0.15) is 45.9 Å². The number of H-pyrrole nitrogens is 1. The Bertz CT molecular complexity index is 1020. The van der Waals surface area contributed by atoms with Crippen LogP contribution in [0, 0.1) is 0 Å². The van der Waals surface area contributed by atoms with Crippen LogP contribution in [0.25, 0.3) is 0 Å². The van der Waals surface area contributed by atoms with Crippen LogP contribution in [-0.2, 0) is 13.5 Å². The molecule has 0 radical (unpaired) electrons. The molecule has 28 heavy (non-hydrogen) atoms. The highest BCUT2D eigenvalue weighted by molar-refractivity contribution is 5.94. The van der Waals surface area contributed by atoms with E-state index in [4.69, 9.17) is 0 Å². The summed E-state index contributed by atoms with van der Waals surface area (Å²) < 4.78 is 1.47. The number of aromatic nitrogens is 3. The molecule has 4 rings (SSSR count). The molecule has 0 aliphatic carbocycles. The Labute approximate surface area is 163 Å². The maximum atomic E-state index is 12.9. The molecule has 1 saturated heterocycles. The van der Waals surface area contributed by atoms with Gasteiger partial charge >= 0.3 is 0 Å². The van der Waals surface area contributed by atoms with Gasteiger partial charge in [0.25, 0.3) is 11.5 Å². The second kappa shape index (κ2) is 7.84. The predicted octanol–water partition coefficient (Wildman–Crippen LogP) is 2.72. The SMILES string of the molecule is Cn1ccc(C(=O)N2CCCC(c3[nH]ncc3Cc3ccccc3)C2)cc1=O. The van der Waals surface area contributed by atoms with E-state index in [1.807, 2.05) is 29.3 Å². The molecule has 0 bridgehead atoms. The number of piperidine rings is 1. The number of aromatic amines is 1. The third kappa shape index (κ3) is 3.76. The van der Waals surface area contributed by atoms with Crippen molar-refractivity contribution in [1.82, 2.24) is 19.7 Å². The number of carbonyl (C=O) groups is 1. The molecule has 1 atom stereocenters. The molecule has 1 aliphatic heterocycles. The summed E-state index contributed by atoms with van der Waals surface area (Å²) in [7, 11) is 1.68. The molecule has 144 valence electrons. The number of nitrogens with zero attached hydrogens (tertiary/aromatic N) is 3. The van der Waals surface area contributed by atoms with Crippen molar-refractivity contribution >= 4 is 5.91 Å². The van der Waals surface area contributed by atoms with Crippen LogP contribution >= 0.6 is 0 Å². The highest BCUT2D eigenvalue weighted by Crippen LogP contribution is 2.29. The Morgan fingerprint density at radius 3 is 2.86 bits per heavy atom. The average molecular weight is 376 g/mol. The van der Waals surface area contributed by atoms with Crippen molar-refractivity contribution in [1.29, 1.82) is 0 Å². The van der Waals surface area contributed by atoms with Gasteiger partial charge in [-0.3, -0.25) is 14.7 Å². The van der Waals surface area contributed by atoms with Crippen LogP contribution in [0.15, 0.2) is 59.7 Å². The Kier molecular flexibility index (Phi) is 5.10. The Hall–Kier alpha value is -3.15. The zero-order chi connectivity index (χ0) is 19.5. The molecule has 1 N–H and O–H groups in total. The summed E-state index contributed by atoms with van der Waals surface area (Å²) in [5.74, 6) is 0.150. The number of rotatable bonds is 4. The van der Waals surface area contributed by atoms with Crippen molar-refractivity contribution in [2.24, 2.45) is 7.05 Å². The molecule has 2 aromatic heterocycles. The van der Waals surface area contributed by atoms with Gasteiger partial charge in [0.15, 0.2) is 0 Å². The minimum atomic E-state index is -0.168. The van der Waals surface area contributed by atoms with Crippen LogP contribution in [0.5, 0.6) is 0 Å². The number of carbonyl (C=O) groups excluding carboxylic acids is 1. The number of amides is 1. The Morgan fingerprint density at radius 1 is 1.25 bits per heavy atom. The Morgan fingerprint density at radius 2 is 2.07 bits per heavy atom. The molecule has 1 amide bonds. The fourth-order valence-electron chi connectivity index (χ4n) is 3.89. The largest absolute Gasteiger partial charge is 0.338 e. The second-order valence-electron chi connectivity index (χ2n) is 7.43. The van der Waals surface area contributed by atoms with Crippen molar-refractivity contribution < 1.29 is 4.79 Å². The van der Waals surface area contributed by atoms with E-state index in [2.05, 4.69) is 22.3 Å². The van der Waals surface area contributed by atoms with Crippen molar-refractivity contribution in [2.75, 3.05) is 13.1 Å². The van der Waals surface area contributed by atoms with E-state index in [9.17, 15) is 9.59 Å². The van der Waals surface area contributed by atoms with Crippen LogP contribution < -0.4 is 5.56 Å². The topological polar surface area (TPSA) is 71.0 Å². The lowest BCUT2D eigenvalue weighted by Gasteiger charge is -2.33. The summed E-state index contributed by atoms with van der Waals surface area (Å²) in [4.78, 5) is 26.6. The van der Waals surface area contributed by atoms with Gasteiger partial charge in [-0.2, -0.15) is 5.10 Å². The standard InChI is InChI=1S/C22H24N4O2/c1-25-11-9-17(13-20(25)27)22(28)26-10-5-8-18(15-26)21-19(14-23-24-21)12-16-6-3-2-4-7-16/h2-4,6-7,9,11,13-14,18H,5,8,10,12,15H2,1H3,(H,23,24). The lowest BCUT2D eigenvalue weighted by molar-refractivity contribution is 0.0705. The van der Waals surface area contributed by atoms with Crippen LogP contribution in [0.2, 0.25) is 0 Å². The number of benzene rings is 1. The molecular formula is C22H24N4O2. The third-order valence-corrected chi connectivity index (χ3v) is 5.46. The van der Waals surface area contributed by atoms with E-state index in [1.165, 1.54) is 21.8 Å². The predicted molar refractivity (Wildman–Crippen MR) is 107 cm³/mol. The summed E-state index contributed by atoms with van der Waals surface area (Å²) in [6.45, 7) is 1.35. The molecule has 6 nitrogen and oxygen atoms in total. The van der Waals surface area contributed by atoms with Gasteiger partial charge in [-0.25, -0.2) is 0 Å². The summed E-state index contributed by atoms with van der Waals surface area (Å²) >= 11 is 0. The second-order valence-corrected chi connectivity index (χ2v) is 7.43. The van der Waals surface area contributed by atoms with Gasteiger partial charge in [0, 0.05) is 56.0 Å². The van der Waals surface area contributed by atoms with E-state index in [0.29, 0.717) is 18.7 Å². The summed E-state index contributed by atoms with van der Waals surface area (Å²) in [5, 5.41) is 7.44. The highest BCUT2D eigenvalue weighted by atomic mass is 16.2. The van der Waals surface area contributed by atoms with E-state index in [1.54, 1.807) is 19.3 Å². The first kappa shape index (κ1) is 18.2. The smallest absolute Gasteiger partial charge is 0.254 e. The van der Waals surface area contributed by atoms with Gasteiger partial charge in [0.1, 0.15) is 0 Å². The minimum Gasteiger partial charge on any atom is -0.338 e. The number of aryl methyl sites for hydroxylation is 1. The maximum Gasteiger partial charge on any atom is 0.254 e. The van der Waals surface area contributed by atoms with Gasteiger partial charge in [0.05, 0.1) is 6.20 Å². The average Bonchev–Trinajstić information content (AvgIpc) is 3.18. The van der Waals surface area contributed by atoms with Gasteiger partial charge in [-0.1, -0.05) is 30.3 Å². The van der Waals surface area contributed by atoms with Crippen LogP contribution in [-0.4, -0.2) is 38.7 Å². The maximum absolute atomic E-state index is 12.9. The zero-order valence-electron chi connectivity index (χ0n) is 16.0. The monoisotopic (exact) mass is 376 g/mol. The fraction of sp³-hybridized carbons (Fsp3) is 0.318. The number of hydrogen-bond acceptors (Lipinski definition) is 3. The molecule has 3 aromatic rings. The number of likely N-dealkylation sites (tertiary alicyclic amines) is 1. The number of hydrogen-bond donors (Lipinski definition) is 1. The number of pyridine rings is 1. The summed E-state index contributed by atoms with van der Waals surface area (Å²) in [6, 6.07) is 13.5. The molecule has 1 unspecified atom stereocenters. The quantitative estimate of drug-likeness (QED) is 0.761. The van der Waals surface area contributed by atoms with E-state index in [0.717, 1.165) is 25.0 Å². The molecule has 3 heterocycles. The van der Waals surface area contributed by atoms with Crippen molar-refractivity contribution in [3.05, 3.63) is 87.6 Å². The van der Waals surface area contributed by atoms with E-state index >= 15 is 0 Å². The molecule has 6 heteroatoms. The van der Waals surface area contributed by atoms with Gasteiger partial charge < -0.3 is 9.47 Å².